The third-order valence-electron chi connectivity index (χ3n) is 2.81. The van der Waals surface area contributed by atoms with E-state index in [9.17, 15) is 8.42 Å². The summed E-state index contributed by atoms with van der Waals surface area (Å²) in [6.45, 7) is 3.59. The van der Waals surface area contributed by atoms with Gasteiger partial charge in [-0.1, -0.05) is 29.8 Å². The zero-order valence-corrected chi connectivity index (χ0v) is 11.9. The Kier molecular flexibility index (Phi) is 3.77. The Morgan fingerprint density at radius 2 is 1.80 bits per heavy atom. The van der Waals surface area contributed by atoms with Gasteiger partial charge in [-0.3, -0.25) is 0 Å². The molecule has 0 saturated heterocycles. The average Bonchev–Trinajstić information content (AvgIpc) is 2.38. The van der Waals surface area contributed by atoms with Gasteiger partial charge in [0.2, 0.25) is 0 Å². The van der Waals surface area contributed by atoms with Crippen LogP contribution in [0.1, 0.15) is 16.7 Å². The lowest BCUT2D eigenvalue weighted by Gasteiger charge is -2.10. The highest BCUT2D eigenvalue weighted by Crippen LogP contribution is 2.24. The fourth-order valence-corrected chi connectivity index (χ4v) is 3.03. The van der Waals surface area contributed by atoms with Crippen LogP contribution in [0.3, 0.4) is 0 Å². The van der Waals surface area contributed by atoms with Crippen molar-refractivity contribution in [1.29, 1.82) is 5.26 Å². The fraction of sp³-hybridized carbons (Fsp3) is 0.133. The molecule has 0 unspecified atom stereocenters. The second kappa shape index (κ2) is 5.35. The topological polar surface area (TPSA) is 67.2 Å². The third kappa shape index (κ3) is 2.81. The Morgan fingerprint density at radius 3 is 2.45 bits per heavy atom. The van der Waals surface area contributed by atoms with E-state index in [4.69, 9.17) is 9.44 Å². The molecule has 2 aromatic carbocycles. The van der Waals surface area contributed by atoms with Gasteiger partial charge in [-0.15, -0.1) is 0 Å². The van der Waals surface area contributed by atoms with E-state index >= 15 is 0 Å². The molecule has 0 saturated carbocycles. The normalized spacial score (nSPS) is 10.8. The summed E-state index contributed by atoms with van der Waals surface area (Å²) in [6.07, 6.45) is 0. The molecular formula is C15H13NO3S. The number of hydrogen-bond donors (Lipinski definition) is 0. The summed E-state index contributed by atoms with van der Waals surface area (Å²) in [5.41, 5.74) is 1.76. The van der Waals surface area contributed by atoms with Crippen LogP contribution >= 0.6 is 0 Å². The van der Waals surface area contributed by atoms with Gasteiger partial charge in [0.1, 0.15) is 11.0 Å². The average molecular weight is 287 g/mol. The lowest BCUT2D eigenvalue weighted by atomic mass is 10.2. The Bertz CT molecular complexity index is 789. The van der Waals surface area contributed by atoms with Crippen LogP contribution in [0.2, 0.25) is 0 Å². The molecule has 0 bridgehead atoms. The molecule has 0 aliphatic carbocycles. The summed E-state index contributed by atoms with van der Waals surface area (Å²) in [5, 5.41) is 8.95. The second-order valence-electron chi connectivity index (χ2n) is 4.41. The Hall–Kier alpha value is -2.32. The molecule has 0 aliphatic heterocycles. The molecule has 2 rings (SSSR count). The zero-order chi connectivity index (χ0) is 14.8. The third-order valence-corrected chi connectivity index (χ3v) is 4.20. The highest BCUT2D eigenvalue weighted by atomic mass is 32.2. The summed E-state index contributed by atoms with van der Waals surface area (Å²) in [7, 11) is -3.94. The van der Waals surface area contributed by atoms with Crippen molar-refractivity contribution in [3.8, 4) is 11.8 Å². The Labute approximate surface area is 118 Å². The van der Waals surface area contributed by atoms with E-state index in [0.717, 1.165) is 5.56 Å². The first-order valence-electron chi connectivity index (χ1n) is 5.95. The van der Waals surface area contributed by atoms with Gasteiger partial charge in [-0.25, -0.2) is 0 Å². The van der Waals surface area contributed by atoms with Crippen molar-refractivity contribution in [2.45, 2.75) is 18.7 Å². The largest absolute Gasteiger partial charge is 0.378 e. The minimum Gasteiger partial charge on any atom is -0.378 e. The number of benzene rings is 2. The van der Waals surface area contributed by atoms with E-state index in [1.54, 1.807) is 31.2 Å². The summed E-state index contributed by atoms with van der Waals surface area (Å²) in [6, 6.07) is 13.1. The molecule has 0 heterocycles. The van der Waals surface area contributed by atoms with Gasteiger partial charge < -0.3 is 4.18 Å². The van der Waals surface area contributed by atoms with Gasteiger partial charge in [0.15, 0.2) is 5.75 Å². The van der Waals surface area contributed by atoms with Gasteiger partial charge in [0.05, 0.1) is 5.56 Å². The van der Waals surface area contributed by atoms with E-state index in [1.165, 1.54) is 18.2 Å². The molecular weight excluding hydrogens is 274 g/mol. The van der Waals surface area contributed by atoms with E-state index in [1.807, 2.05) is 13.0 Å². The number of hydrogen-bond acceptors (Lipinski definition) is 4. The quantitative estimate of drug-likeness (QED) is 0.814. The SMILES string of the molecule is Cc1ccc(S(=O)(=O)Oc2ccccc2C#N)c(C)c1. The molecule has 0 N–H and O–H groups in total. The van der Waals surface area contributed by atoms with E-state index in [-0.39, 0.29) is 16.2 Å². The number of nitriles is 1. The summed E-state index contributed by atoms with van der Waals surface area (Å²) in [4.78, 5) is 0.107. The number of nitrogens with zero attached hydrogens (tertiary/aromatic N) is 1. The molecule has 5 heteroatoms. The van der Waals surface area contributed by atoms with Crippen LogP contribution < -0.4 is 4.18 Å². The first kappa shape index (κ1) is 14.1. The van der Waals surface area contributed by atoms with Crippen LogP contribution in [0.25, 0.3) is 0 Å². The lowest BCUT2D eigenvalue weighted by Crippen LogP contribution is -2.12. The van der Waals surface area contributed by atoms with Gasteiger partial charge in [0.25, 0.3) is 0 Å². The van der Waals surface area contributed by atoms with Crippen molar-refractivity contribution in [3.05, 3.63) is 59.2 Å². The number of aryl methyl sites for hydroxylation is 2. The maximum absolute atomic E-state index is 12.3. The molecule has 0 aromatic heterocycles. The summed E-state index contributed by atoms with van der Waals surface area (Å²) >= 11 is 0. The predicted molar refractivity (Wildman–Crippen MR) is 74.9 cm³/mol. The molecule has 0 radical (unpaired) electrons. The maximum atomic E-state index is 12.3. The first-order valence-corrected chi connectivity index (χ1v) is 7.36. The van der Waals surface area contributed by atoms with Gasteiger partial charge in [0, 0.05) is 0 Å². The lowest BCUT2D eigenvalue weighted by molar-refractivity contribution is 0.484. The maximum Gasteiger partial charge on any atom is 0.339 e. The zero-order valence-electron chi connectivity index (χ0n) is 11.1. The van der Waals surface area contributed by atoms with Gasteiger partial charge in [-0.05, 0) is 37.6 Å². The predicted octanol–water partition coefficient (Wildman–Crippen LogP) is 2.94. The molecule has 0 atom stereocenters. The Balaban J connectivity index is 2.44. The highest BCUT2D eigenvalue weighted by molar-refractivity contribution is 7.87. The van der Waals surface area contributed by atoms with E-state index in [2.05, 4.69) is 0 Å². The summed E-state index contributed by atoms with van der Waals surface area (Å²) < 4.78 is 29.6. The molecule has 2 aromatic rings. The number of para-hydroxylation sites is 1. The van der Waals surface area contributed by atoms with Crippen molar-refractivity contribution in [2.75, 3.05) is 0 Å². The van der Waals surface area contributed by atoms with Gasteiger partial charge in [-0.2, -0.15) is 13.7 Å². The minimum absolute atomic E-state index is 0.0370. The first-order chi connectivity index (χ1) is 9.44. The highest BCUT2D eigenvalue weighted by Gasteiger charge is 2.20. The smallest absolute Gasteiger partial charge is 0.339 e. The van der Waals surface area contributed by atoms with E-state index in [0.29, 0.717) is 5.56 Å². The van der Waals surface area contributed by atoms with Crippen molar-refractivity contribution in [2.24, 2.45) is 0 Å². The minimum atomic E-state index is -3.94. The van der Waals surface area contributed by atoms with Crippen LogP contribution in [-0.2, 0) is 10.1 Å². The molecule has 0 fully saturated rings. The number of rotatable bonds is 3. The van der Waals surface area contributed by atoms with Crippen LogP contribution in [0.4, 0.5) is 0 Å². The van der Waals surface area contributed by atoms with Gasteiger partial charge >= 0.3 is 10.1 Å². The van der Waals surface area contributed by atoms with Crippen molar-refractivity contribution in [1.82, 2.24) is 0 Å². The van der Waals surface area contributed by atoms with Crippen LogP contribution in [0.15, 0.2) is 47.4 Å². The molecule has 0 amide bonds. The molecule has 20 heavy (non-hydrogen) atoms. The molecule has 0 spiro atoms. The van der Waals surface area contributed by atoms with Crippen molar-refractivity contribution >= 4 is 10.1 Å². The van der Waals surface area contributed by atoms with E-state index < -0.39 is 10.1 Å². The molecule has 4 nitrogen and oxygen atoms in total. The summed E-state index contributed by atoms with van der Waals surface area (Å²) in [5.74, 6) is 0.0370. The monoisotopic (exact) mass is 287 g/mol. The van der Waals surface area contributed by atoms with Crippen LogP contribution in [0.5, 0.6) is 5.75 Å². The standard InChI is InChI=1S/C15H13NO3S/c1-11-7-8-15(12(2)9-11)20(17,18)19-14-6-4-3-5-13(14)10-16/h3-9H,1-2H3. The molecule has 0 aliphatic rings. The van der Waals surface area contributed by atoms with Crippen molar-refractivity contribution in [3.63, 3.8) is 0 Å². The fourth-order valence-electron chi connectivity index (χ4n) is 1.87. The van der Waals surface area contributed by atoms with Crippen LogP contribution in [0, 0.1) is 25.2 Å². The second-order valence-corrected chi connectivity index (χ2v) is 5.93. The molecule has 102 valence electrons. The van der Waals surface area contributed by atoms with Crippen molar-refractivity contribution < 1.29 is 12.6 Å². The Morgan fingerprint density at radius 1 is 1.10 bits per heavy atom. The van der Waals surface area contributed by atoms with Crippen LogP contribution in [-0.4, -0.2) is 8.42 Å².